The summed E-state index contributed by atoms with van der Waals surface area (Å²) in [4.78, 5) is 10.0. The summed E-state index contributed by atoms with van der Waals surface area (Å²) < 4.78 is 0. The molecule has 0 aliphatic heterocycles. The number of aliphatic hydroxyl groups is 1. The second-order valence-electron chi connectivity index (χ2n) is 4.81. The van der Waals surface area contributed by atoms with Crippen molar-refractivity contribution in [1.29, 1.82) is 0 Å². The van der Waals surface area contributed by atoms with Gasteiger partial charge in [-0.15, -0.1) is 0 Å². The van der Waals surface area contributed by atoms with Crippen LogP contribution >= 0.6 is 0 Å². The molecular weight excluding hydrogens is 234 g/mol. The largest absolute Gasteiger partial charge is 0.409 e. The Bertz CT molecular complexity index is 453. The Hall–Kier alpha value is -1.89. The molecule has 0 saturated heterocycles. The Morgan fingerprint density at radius 1 is 1.56 bits per heavy atom. The van der Waals surface area contributed by atoms with Gasteiger partial charge in [0.2, 0.25) is 0 Å². The van der Waals surface area contributed by atoms with Crippen molar-refractivity contribution < 1.29 is 10.3 Å². The summed E-state index contributed by atoms with van der Waals surface area (Å²) in [7, 11) is 1.77. The number of amidine groups is 1. The van der Waals surface area contributed by atoms with Crippen molar-refractivity contribution in [3.8, 4) is 0 Å². The fraction of sp³-hybridized carbons (Fsp3) is 0.545. The fourth-order valence-electron chi connectivity index (χ4n) is 1.64. The minimum atomic E-state index is -0.879. The first kappa shape index (κ1) is 14.2. The molecule has 0 bridgehead atoms. The predicted octanol–water partition coefficient (Wildman–Crippen LogP) is 0.0866. The maximum absolute atomic E-state index is 9.81. The van der Waals surface area contributed by atoms with Crippen LogP contribution in [0.15, 0.2) is 11.4 Å². The van der Waals surface area contributed by atoms with Gasteiger partial charge in [0.15, 0.2) is 5.84 Å². The average molecular weight is 253 g/mol. The van der Waals surface area contributed by atoms with Gasteiger partial charge in [-0.1, -0.05) is 5.16 Å². The number of anilines is 1. The van der Waals surface area contributed by atoms with Crippen LogP contribution in [0.2, 0.25) is 0 Å². The van der Waals surface area contributed by atoms with E-state index in [2.05, 4.69) is 15.1 Å². The van der Waals surface area contributed by atoms with Gasteiger partial charge in [0.25, 0.3) is 0 Å². The lowest BCUT2D eigenvalue weighted by molar-refractivity contribution is 0.0884. The summed E-state index contributed by atoms with van der Waals surface area (Å²) in [6, 6.07) is 0. The first-order chi connectivity index (χ1) is 8.24. The van der Waals surface area contributed by atoms with Crippen molar-refractivity contribution >= 4 is 11.7 Å². The fourth-order valence-corrected chi connectivity index (χ4v) is 1.64. The maximum atomic E-state index is 9.81. The molecule has 0 atom stereocenters. The highest BCUT2D eigenvalue weighted by Crippen LogP contribution is 2.18. The van der Waals surface area contributed by atoms with Gasteiger partial charge in [0.05, 0.1) is 11.2 Å². The van der Waals surface area contributed by atoms with Gasteiger partial charge in [-0.05, 0) is 20.8 Å². The number of aromatic nitrogens is 2. The number of hydrogen-bond acceptors (Lipinski definition) is 6. The molecule has 0 aliphatic carbocycles. The van der Waals surface area contributed by atoms with Crippen LogP contribution in [0.5, 0.6) is 0 Å². The zero-order chi connectivity index (χ0) is 13.9. The molecule has 0 aromatic carbocycles. The number of rotatable bonds is 4. The Labute approximate surface area is 106 Å². The smallest absolute Gasteiger partial charge is 0.175 e. The lowest BCUT2D eigenvalue weighted by Gasteiger charge is -2.27. The second kappa shape index (κ2) is 5.18. The summed E-state index contributed by atoms with van der Waals surface area (Å²) >= 11 is 0. The number of likely N-dealkylation sites (N-methyl/N-ethyl adjacent to an activating group) is 1. The molecule has 0 aliphatic rings. The van der Waals surface area contributed by atoms with E-state index in [4.69, 9.17) is 10.9 Å². The number of nitrogens with zero attached hydrogens (tertiary/aromatic N) is 4. The van der Waals surface area contributed by atoms with Crippen LogP contribution in [-0.4, -0.2) is 45.3 Å². The molecule has 0 fully saturated rings. The van der Waals surface area contributed by atoms with Crippen LogP contribution in [0, 0.1) is 6.92 Å². The molecule has 0 amide bonds. The van der Waals surface area contributed by atoms with Crippen molar-refractivity contribution in [2.24, 2.45) is 10.9 Å². The van der Waals surface area contributed by atoms with E-state index in [1.165, 1.54) is 6.20 Å². The molecule has 18 heavy (non-hydrogen) atoms. The van der Waals surface area contributed by atoms with Gasteiger partial charge in [0, 0.05) is 19.8 Å². The number of nitrogens with two attached hydrogens (primary N) is 1. The normalized spacial score (nSPS) is 12.6. The van der Waals surface area contributed by atoms with Crippen LogP contribution in [-0.2, 0) is 0 Å². The minimum Gasteiger partial charge on any atom is -0.409 e. The van der Waals surface area contributed by atoms with Crippen LogP contribution in [0.3, 0.4) is 0 Å². The summed E-state index contributed by atoms with van der Waals surface area (Å²) in [5.41, 5.74) is 5.12. The van der Waals surface area contributed by atoms with Crippen LogP contribution < -0.4 is 10.6 Å². The number of aryl methyl sites for hydroxylation is 1. The lowest BCUT2D eigenvalue weighted by atomic mass is 10.1. The van der Waals surface area contributed by atoms with Crippen molar-refractivity contribution in [2.75, 3.05) is 18.5 Å². The monoisotopic (exact) mass is 253 g/mol. The summed E-state index contributed by atoms with van der Waals surface area (Å²) in [6.07, 6.45) is 1.49. The quantitative estimate of drug-likeness (QED) is 0.304. The topological polar surface area (TPSA) is 108 Å². The third-order valence-corrected chi connectivity index (χ3v) is 2.26. The van der Waals surface area contributed by atoms with E-state index in [-0.39, 0.29) is 5.84 Å². The van der Waals surface area contributed by atoms with Gasteiger partial charge < -0.3 is 20.9 Å². The van der Waals surface area contributed by atoms with Crippen LogP contribution in [0.1, 0.15) is 25.2 Å². The van der Waals surface area contributed by atoms with Gasteiger partial charge in [0.1, 0.15) is 11.6 Å². The molecular formula is C11H19N5O2. The zero-order valence-electron chi connectivity index (χ0n) is 11.0. The molecule has 0 spiro atoms. The molecule has 4 N–H and O–H groups in total. The standard InChI is InChI=1S/C11H19N5O2/c1-7-13-5-8(9(12)15-18)10(14-7)16(4)6-11(2,3)17/h5,17-18H,6H2,1-4H3,(H2,12,15). The highest BCUT2D eigenvalue weighted by molar-refractivity contribution is 6.01. The van der Waals surface area contributed by atoms with Gasteiger partial charge >= 0.3 is 0 Å². The Morgan fingerprint density at radius 2 is 2.17 bits per heavy atom. The Balaban J connectivity index is 3.17. The predicted molar refractivity (Wildman–Crippen MR) is 68.8 cm³/mol. The summed E-state index contributed by atoms with van der Waals surface area (Å²) in [5, 5.41) is 21.5. The molecule has 0 radical (unpaired) electrons. The first-order valence-electron chi connectivity index (χ1n) is 5.49. The van der Waals surface area contributed by atoms with Crippen molar-refractivity contribution in [3.05, 3.63) is 17.6 Å². The minimum absolute atomic E-state index is 0.0624. The van der Waals surface area contributed by atoms with E-state index in [1.54, 1.807) is 32.7 Å². The van der Waals surface area contributed by atoms with Gasteiger partial charge in [-0.25, -0.2) is 9.97 Å². The third-order valence-electron chi connectivity index (χ3n) is 2.26. The molecule has 1 aromatic heterocycles. The molecule has 1 rings (SSSR count). The van der Waals surface area contributed by atoms with E-state index in [1.807, 2.05) is 0 Å². The van der Waals surface area contributed by atoms with E-state index in [0.29, 0.717) is 23.8 Å². The SMILES string of the molecule is Cc1ncc(C(N)=NO)c(N(C)CC(C)(C)O)n1. The highest BCUT2D eigenvalue weighted by atomic mass is 16.4. The van der Waals surface area contributed by atoms with Crippen molar-refractivity contribution in [2.45, 2.75) is 26.4 Å². The lowest BCUT2D eigenvalue weighted by Crippen LogP contribution is -2.38. The van der Waals surface area contributed by atoms with E-state index < -0.39 is 5.60 Å². The number of oxime groups is 1. The molecule has 7 nitrogen and oxygen atoms in total. The first-order valence-corrected chi connectivity index (χ1v) is 5.49. The Kier molecular flexibility index (Phi) is 4.07. The van der Waals surface area contributed by atoms with Crippen LogP contribution in [0.4, 0.5) is 5.82 Å². The van der Waals surface area contributed by atoms with E-state index in [9.17, 15) is 5.11 Å². The summed E-state index contributed by atoms with van der Waals surface area (Å²) in [5.74, 6) is 1.02. The molecule has 0 unspecified atom stereocenters. The van der Waals surface area contributed by atoms with Crippen molar-refractivity contribution in [3.63, 3.8) is 0 Å². The Morgan fingerprint density at radius 3 is 2.67 bits per heavy atom. The average Bonchev–Trinajstić information content (AvgIpc) is 2.25. The molecule has 100 valence electrons. The molecule has 7 heteroatoms. The zero-order valence-corrected chi connectivity index (χ0v) is 11.0. The van der Waals surface area contributed by atoms with E-state index >= 15 is 0 Å². The number of hydrogen-bond donors (Lipinski definition) is 3. The summed E-state index contributed by atoms with van der Waals surface area (Å²) in [6.45, 7) is 5.49. The highest BCUT2D eigenvalue weighted by Gasteiger charge is 2.20. The molecule has 1 heterocycles. The molecule has 1 aromatic rings. The van der Waals surface area contributed by atoms with Gasteiger partial charge in [-0.3, -0.25) is 0 Å². The van der Waals surface area contributed by atoms with Gasteiger partial charge in [-0.2, -0.15) is 0 Å². The van der Waals surface area contributed by atoms with Crippen LogP contribution in [0.25, 0.3) is 0 Å². The maximum Gasteiger partial charge on any atom is 0.175 e. The second-order valence-corrected chi connectivity index (χ2v) is 4.81. The third kappa shape index (κ3) is 3.56. The van der Waals surface area contributed by atoms with Crippen molar-refractivity contribution in [1.82, 2.24) is 9.97 Å². The molecule has 0 saturated carbocycles. The van der Waals surface area contributed by atoms with E-state index in [0.717, 1.165) is 0 Å².